The number of rotatable bonds is 8. The average molecular weight is 493 g/mol. The molecule has 0 spiro atoms. The van der Waals surface area contributed by atoms with Crippen molar-refractivity contribution in [3.05, 3.63) is 83.2 Å². The summed E-state index contributed by atoms with van der Waals surface area (Å²) >= 11 is 7.11. The zero-order valence-electron chi connectivity index (χ0n) is 17.3. The van der Waals surface area contributed by atoms with Crippen LogP contribution in [-0.2, 0) is 17.5 Å². The molecule has 1 fully saturated rings. The number of aromatic nitrogens is 3. The third kappa shape index (κ3) is 5.42. The zero-order chi connectivity index (χ0) is 23.6. The maximum absolute atomic E-state index is 12.9. The number of nitrogens with zero attached hydrogens (tertiary/aromatic N) is 3. The van der Waals surface area contributed by atoms with E-state index < -0.39 is 17.6 Å². The molecule has 172 valence electrons. The van der Waals surface area contributed by atoms with Gasteiger partial charge in [0.2, 0.25) is 5.91 Å². The Morgan fingerprint density at radius 1 is 1.21 bits per heavy atom. The van der Waals surface area contributed by atoms with Crippen molar-refractivity contribution in [1.29, 1.82) is 0 Å². The smallest absolute Gasteiger partial charge is 0.324 e. The van der Waals surface area contributed by atoms with Crippen molar-refractivity contribution in [2.45, 2.75) is 36.1 Å². The van der Waals surface area contributed by atoms with E-state index in [1.165, 1.54) is 5.56 Å². The van der Waals surface area contributed by atoms with Crippen LogP contribution < -0.4 is 5.32 Å². The molecule has 1 saturated carbocycles. The lowest BCUT2D eigenvalue weighted by Gasteiger charge is -2.12. The molecule has 33 heavy (non-hydrogen) atoms. The number of alkyl halides is 3. The standard InChI is InChI=1S/C23H20ClF3N4OS/c1-2-10-31-21(17-12-16(17)14-6-4-3-5-7-14)29-30-22(31)33-13-20(32)28-19-11-15(23(25,26)27)8-9-18(19)24/h2-9,11,16-17H,1,10,12-13H2,(H,28,32). The van der Waals surface area contributed by atoms with Crippen LogP contribution in [0.25, 0.3) is 0 Å². The van der Waals surface area contributed by atoms with E-state index in [-0.39, 0.29) is 22.4 Å². The maximum atomic E-state index is 12.9. The largest absolute Gasteiger partial charge is 0.416 e. The van der Waals surface area contributed by atoms with Crippen molar-refractivity contribution in [2.24, 2.45) is 0 Å². The Labute approximate surface area is 198 Å². The number of hydrogen-bond acceptors (Lipinski definition) is 4. The Morgan fingerprint density at radius 3 is 2.67 bits per heavy atom. The molecule has 1 aliphatic carbocycles. The van der Waals surface area contributed by atoms with Gasteiger partial charge in [0.25, 0.3) is 0 Å². The molecule has 3 aromatic rings. The van der Waals surface area contributed by atoms with E-state index in [1.54, 1.807) is 6.08 Å². The van der Waals surface area contributed by atoms with Crippen LogP contribution in [0.2, 0.25) is 5.02 Å². The lowest BCUT2D eigenvalue weighted by molar-refractivity contribution is -0.137. The number of thioether (sulfide) groups is 1. The minimum absolute atomic E-state index is 0.0270. The fourth-order valence-corrected chi connectivity index (χ4v) is 4.56. The molecule has 0 aliphatic heterocycles. The van der Waals surface area contributed by atoms with Crippen LogP contribution in [0, 0.1) is 0 Å². The van der Waals surface area contributed by atoms with Crippen LogP contribution in [0.3, 0.4) is 0 Å². The van der Waals surface area contributed by atoms with Crippen LogP contribution in [0.1, 0.15) is 35.2 Å². The summed E-state index contributed by atoms with van der Waals surface area (Å²) < 4.78 is 40.8. The summed E-state index contributed by atoms with van der Waals surface area (Å²) in [6, 6.07) is 13.0. The molecule has 1 heterocycles. The number of allylic oxidation sites excluding steroid dienone is 1. The molecule has 1 N–H and O–H groups in total. The Bertz CT molecular complexity index is 1170. The molecule has 4 rings (SSSR count). The lowest BCUT2D eigenvalue weighted by atomic mass is 10.1. The van der Waals surface area contributed by atoms with Gasteiger partial charge in [-0.05, 0) is 36.1 Å². The van der Waals surface area contributed by atoms with Gasteiger partial charge in [0.15, 0.2) is 5.16 Å². The van der Waals surface area contributed by atoms with Crippen LogP contribution in [-0.4, -0.2) is 26.4 Å². The van der Waals surface area contributed by atoms with Crippen LogP contribution in [0.4, 0.5) is 18.9 Å². The first-order valence-electron chi connectivity index (χ1n) is 10.2. The first-order chi connectivity index (χ1) is 15.8. The second-order valence-corrected chi connectivity index (χ2v) is 8.98. The van der Waals surface area contributed by atoms with Crippen molar-refractivity contribution in [3.63, 3.8) is 0 Å². The summed E-state index contributed by atoms with van der Waals surface area (Å²) in [5.74, 6) is 0.904. The van der Waals surface area contributed by atoms with E-state index in [4.69, 9.17) is 11.6 Å². The second-order valence-electron chi connectivity index (χ2n) is 7.63. The molecule has 2 atom stereocenters. The Kier molecular flexibility index (Phi) is 6.81. The molecule has 5 nitrogen and oxygen atoms in total. The molecular weight excluding hydrogens is 473 g/mol. The molecule has 2 aromatic carbocycles. The van der Waals surface area contributed by atoms with Crippen molar-refractivity contribution in [1.82, 2.24) is 14.8 Å². The Morgan fingerprint density at radius 2 is 1.97 bits per heavy atom. The molecular formula is C23H20ClF3N4OS. The summed E-state index contributed by atoms with van der Waals surface area (Å²) in [6.07, 6.45) is -1.82. The van der Waals surface area contributed by atoms with Gasteiger partial charge in [-0.25, -0.2) is 0 Å². The van der Waals surface area contributed by atoms with E-state index in [0.29, 0.717) is 17.6 Å². The van der Waals surface area contributed by atoms with Gasteiger partial charge < -0.3 is 9.88 Å². The van der Waals surface area contributed by atoms with E-state index >= 15 is 0 Å². The third-order valence-corrected chi connectivity index (χ3v) is 6.60. The number of nitrogens with one attached hydrogen (secondary N) is 1. The SMILES string of the molecule is C=CCn1c(SCC(=O)Nc2cc(C(F)(F)F)ccc2Cl)nnc1C1CC1c1ccccc1. The van der Waals surface area contributed by atoms with Crippen molar-refractivity contribution in [3.8, 4) is 0 Å². The normalized spacial score (nSPS) is 17.6. The molecule has 0 saturated heterocycles. The fraction of sp³-hybridized carbons (Fsp3) is 0.261. The van der Waals surface area contributed by atoms with Crippen molar-refractivity contribution in [2.75, 3.05) is 11.1 Å². The number of benzene rings is 2. The molecule has 0 radical (unpaired) electrons. The van der Waals surface area contributed by atoms with Crippen molar-refractivity contribution < 1.29 is 18.0 Å². The fourth-order valence-electron chi connectivity index (χ4n) is 3.64. The Hall–Kier alpha value is -2.78. The van der Waals surface area contributed by atoms with Crippen LogP contribution >= 0.6 is 23.4 Å². The van der Waals surface area contributed by atoms with E-state index in [0.717, 1.165) is 42.2 Å². The number of anilines is 1. The number of hydrogen-bond donors (Lipinski definition) is 1. The van der Waals surface area contributed by atoms with Gasteiger partial charge >= 0.3 is 6.18 Å². The lowest BCUT2D eigenvalue weighted by Crippen LogP contribution is -2.16. The third-order valence-electron chi connectivity index (χ3n) is 5.31. The van der Waals surface area contributed by atoms with Crippen LogP contribution in [0.5, 0.6) is 0 Å². The molecule has 1 aliphatic rings. The number of halogens is 4. The van der Waals surface area contributed by atoms with Gasteiger partial charge in [-0.1, -0.05) is 59.8 Å². The molecule has 1 amide bonds. The van der Waals surface area contributed by atoms with E-state index in [1.807, 2.05) is 22.8 Å². The van der Waals surface area contributed by atoms with E-state index in [2.05, 4.69) is 34.2 Å². The average Bonchev–Trinajstić information content (AvgIpc) is 3.48. The molecule has 2 unspecified atom stereocenters. The summed E-state index contributed by atoms with van der Waals surface area (Å²) in [7, 11) is 0. The maximum Gasteiger partial charge on any atom is 0.416 e. The highest BCUT2D eigenvalue weighted by atomic mass is 35.5. The van der Waals surface area contributed by atoms with E-state index in [9.17, 15) is 18.0 Å². The van der Waals surface area contributed by atoms with Gasteiger partial charge in [0.05, 0.1) is 22.0 Å². The molecule has 0 bridgehead atoms. The zero-order valence-corrected chi connectivity index (χ0v) is 18.9. The number of amides is 1. The van der Waals surface area contributed by atoms with Crippen LogP contribution in [0.15, 0.2) is 66.3 Å². The predicted molar refractivity (Wildman–Crippen MR) is 123 cm³/mol. The summed E-state index contributed by atoms with van der Waals surface area (Å²) in [5, 5.41) is 11.6. The van der Waals surface area contributed by atoms with Gasteiger partial charge in [0, 0.05) is 12.5 Å². The minimum Gasteiger partial charge on any atom is -0.324 e. The van der Waals surface area contributed by atoms with Gasteiger partial charge in [-0.15, -0.1) is 16.8 Å². The molecule has 1 aromatic heterocycles. The number of carbonyl (C=O) groups is 1. The minimum atomic E-state index is -4.53. The summed E-state index contributed by atoms with van der Waals surface area (Å²) in [4.78, 5) is 12.4. The first kappa shape index (κ1) is 23.4. The summed E-state index contributed by atoms with van der Waals surface area (Å²) in [5.41, 5.74) is 0.277. The highest BCUT2D eigenvalue weighted by Crippen LogP contribution is 2.54. The monoisotopic (exact) mass is 492 g/mol. The Balaban J connectivity index is 1.43. The van der Waals surface area contributed by atoms with Crippen molar-refractivity contribution >= 4 is 35.0 Å². The number of carbonyl (C=O) groups excluding carboxylic acids is 1. The van der Waals surface area contributed by atoms with Gasteiger partial charge in [0.1, 0.15) is 5.82 Å². The highest BCUT2D eigenvalue weighted by Gasteiger charge is 2.43. The van der Waals surface area contributed by atoms with Gasteiger partial charge in [-0.2, -0.15) is 13.2 Å². The molecule has 10 heteroatoms. The predicted octanol–water partition coefficient (Wildman–Crippen LogP) is 6.14. The topological polar surface area (TPSA) is 59.8 Å². The quantitative estimate of drug-likeness (QED) is 0.303. The summed E-state index contributed by atoms with van der Waals surface area (Å²) in [6.45, 7) is 4.28. The van der Waals surface area contributed by atoms with Gasteiger partial charge in [-0.3, -0.25) is 4.79 Å². The first-order valence-corrected chi connectivity index (χ1v) is 11.5. The second kappa shape index (κ2) is 9.61. The highest BCUT2D eigenvalue weighted by molar-refractivity contribution is 7.99.